The van der Waals surface area contributed by atoms with Crippen LogP contribution in [0.2, 0.25) is 0 Å². The Bertz CT molecular complexity index is 950. The van der Waals surface area contributed by atoms with Crippen molar-refractivity contribution >= 4 is 32.6 Å². The number of fused-ring (bicyclic) bond motifs is 1. The Morgan fingerprint density at radius 2 is 1.93 bits per heavy atom. The van der Waals surface area contributed by atoms with Crippen LogP contribution in [0.15, 0.2) is 42.5 Å². The SMILES string of the molecule is CC[NH+](CC)CCN(C(=O)c1ccccc1C)c1nc2cc(OC)ccc2s1. The van der Waals surface area contributed by atoms with Crippen LogP contribution in [-0.4, -0.2) is 44.2 Å². The number of likely N-dealkylation sites (N-methyl/N-ethyl adjacent to an activating group) is 1. The van der Waals surface area contributed by atoms with Gasteiger partial charge in [0.05, 0.1) is 43.5 Å². The van der Waals surface area contributed by atoms with E-state index in [1.165, 1.54) is 4.90 Å². The fourth-order valence-corrected chi connectivity index (χ4v) is 4.22. The molecule has 148 valence electrons. The number of nitrogens with one attached hydrogen (secondary N) is 1. The minimum absolute atomic E-state index is 0.00989. The van der Waals surface area contributed by atoms with Gasteiger partial charge in [0.1, 0.15) is 5.75 Å². The van der Waals surface area contributed by atoms with Crippen LogP contribution in [0.25, 0.3) is 10.2 Å². The minimum Gasteiger partial charge on any atom is -0.497 e. The van der Waals surface area contributed by atoms with E-state index in [9.17, 15) is 4.79 Å². The number of thiazole rings is 1. The summed E-state index contributed by atoms with van der Waals surface area (Å²) in [5.74, 6) is 0.782. The molecule has 0 aliphatic rings. The number of carbonyl (C=O) groups is 1. The van der Waals surface area contributed by atoms with Gasteiger partial charge in [-0.05, 0) is 44.5 Å². The summed E-state index contributed by atoms with van der Waals surface area (Å²) in [4.78, 5) is 21.5. The van der Waals surface area contributed by atoms with Crippen LogP contribution < -0.4 is 14.5 Å². The maximum Gasteiger partial charge on any atom is 0.260 e. The van der Waals surface area contributed by atoms with E-state index in [4.69, 9.17) is 9.72 Å². The molecule has 1 N–H and O–H groups in total. The highest BCUT2D eigenvalue weighted by Gasteiger charge is 2.23. The van der Waals surface area contributed by atoms with Crippen molar-refractivity contribution in [1.82, 2.24) is 4.98 Å². The number of carbonyl (C=O) groups excluding carboxylic acids is 1. The number of hydrogen-bond donors (Lipinski definition) is 1. The molecule has 0 aliphatic carbocycles. The highest BCUT2D eigenvalue weighted by atomic mass is 32.1. The van der Waals surface area contributed by atoms with Crippen molar-refractivity contribution in [3.8, 4) is 5.75 Å². The van der Waals surface area contributed by atoms with E-state index in [0.717, 1.165) is 51.9 Å². The quantitative estimate of drug-likeness (QED) is 0.634. The zero-order valence-corrected chi connectivity index (χ0v) is 17.8. The summed E-state index contributed by atoms with van der Waals surface area (Å²) >= 11 is 1.55. The van der Waals surface area contributed by atoms with Gasteiger partial charge in [-0.15, -0.1) is 0 Å². The number of ether oxygens (including phenoxy) is 1. The van der Waals surface area contributed by atoms with E-state index in [-0.39, 0.29) is 5.91 Å². The Morgan fingerprint density at radius 3 is 2.61 bits per heavy atom. The molecule has 0 fully saturated rings. The number of rotatable bonds is 8. The van der Waals surface area contributed by atoms with Gasteiger partial charge in [-0.25, -0.2) is 4.98 Å². The number of quaternary nitrogens is 1. The lowest BCUT2D eigenvalue weighted by atomic mass is 10.1. The number of hydrogen-bond acceptors (Lipinski definition) is 4. The Hall–Kier alpha value is -2.44. The summed E-state index contributed by atoms with van der Waals surface area (Å²) in [5, 5.41) is 0.739. The molecule has 3 rings (SSSR count). The second-order valence-corrected chi connectivity index (χ2v) is 7.82. The highest BCUT2D eigenvalue weighted by molar-refractivity contribution is 7.22. The smallest absolute Gasteiger partial charge is 0.260 e. The average Bonchev–Trinajstić information content (AvgIpc) is 3.14. The van der Waals surface area contributed by atoms with E-state index < -0.39 is 0 Å². The van der Waals surface area contributed by atoms with E-state index in [0.29, 0.717) is 6.54 Å². The molecule has 28 heavy (non-hydrogen) atoms. The monoisotopic (exact) mass is 398 g/mol. The van der Waals surface area contributed by atoms with Crippen molar-refractivity contribution in [2.75, 3.05) is 38.2 Å². The van der Waals surface area contributed by atoms with E-state index in [1.807, 2.05) is 54.3 Å². The Morgan fingerprint density at radius 1 is 1.18 bits per heavy atom. The van der Waals surface area contributed by atoms with Gasteiger partial charge < -0.3 is 9.64 Å². The number of aryl methyl sites for hydroxylation is 1. The topological polar surface area (TPSA) is 46.9 Å². The molecular formula is C22H28N3O2S+. The molecule has 0 saturated carbocycles. The normalized spacial score (nSPS) is 11.2. The molecule has 0 aliphatic heterocycles. The second kappa shape index (κ2) is 9.17. The molecule has 1 amide bonds. The van der Waals surface area contributed by atoms with E-state index in [1.54, 1.807) is 18.4 Å². The van der Waals surface area contributed by atoms with Crippen molar-refractivity contribution in [3.05, 3.63) is 53.6 Å². The van der Waals surface area contributed by atoms with Gasteiger partial charge in [0, 0.05) is 11.6 Å². The van der Waals surface area contributed by atoms with Crippen molar-refractivity contribution in [2.45, 2.75) is 20.8 Å². The van der Waals surface area contributed by atoms with Crippen molar-refractivity contribution < 1.29 is 14.4 Å². The summed E-state index contributed by atoms with van der Waals surface area (Å²) in [5.41, 5.74) is 2.57. The van der Waals surface area contributed by atoms with Crippen molar-refractivity contribution in [1.29, 1.82) is 0 Å². The Kier molecular flexibility index (Phi) is 6.65. The fourth-order valence-electron chi connectivity index (χ4n) is 3.25. The number of amides is 1. The second-order valence-electron chi connectivity index (χ2n) is 6.81. The third-order valence-corrected chi connectivity index (χ3v) is 6.18. The third kappa shape index (κ3) is 4.34. The van der Waals surface area contributed by atoms with E-state index >= 15 is 0 Å². The van der Waals surface area contributed by atoms with Gasteiger partial charge in [-0.1, -0.05) is 29.5 Å². The zero-order chi connectivity index (χ0) is 20.1. The Balaban J connectivity index is 1.97. The molecule has 1 aromatic heterocycles. The lowest BCUT2D eigenvalue weighted by molar-refractivity contribution is -0.894. The van der Waals surface area contributed by atoms with Gasteiger partial charge in [0.25, 0.3) is 5.91 Å². The third-order valence-electron chi connectivity index (χ3n) is 5.12. The molecule has 0 bridgehead atoms. The van der Waals surface area contributed by atoms with Gasteiger partial charge >= 0.3 is 0 Å². The first-order valence-electron chi connectivity index (χ1n) is 9.73. The van der Waals surface area contributed by atoms with E-state index in [2.05, 4.69) is 13.8 Å². The summed E-state index contributed by atoms with van der Waals surface area (Å²) in [7, 11) is 1.65. The lowest BCUT2D eigenvalue weighted by Crippen LogP contribution is -3.12. The largest absolute Gasteiger partial charge is 0.497 e. The van der Waals surface area contributed by atoms with Gasteiger partial charge in [-0.3, -0.25) is 9.69 Å². The first kappa shape index (κ1) is 20.3. The predicted molar refractivity (Wildman–Crippen MR) is 116 cm³/mol. The number of aromatic nitrogens is 1. The number of benzene rings is 2. The van der Waals surface area contributed by atoms with Crippen LogP contribution >= 0.6 is 11.3 Å². The zero-order valence-electron chi connectivity index (χ0n) is 17.0. The van der Waals surface area contributed by atoms with Crippen LogP contribution in [0.1, 0.15) is 29.8 Å². The van der Waals surface area contributed by atoms with Gasteiger partial charge in [0.15, 0.2) is 5.13 Å². The van der Waals surface area contributed by atoms with Crippen LogP contribution in [-0.2, 0) is 0 Å². The molecule has 2 aromatic carbocycles. The average molecular weight is 399 g/mol. The molecular weight excluding hydrogens is 370 g/mol. The van der Waals surface area contributed by atoms with Gasteiger partial charge in [-0.2, -0.15) is 0 Å². The maximum atomic E-state index is 13.4. The Labute approximate surface area is 170 Å². The predicted octanol–water partition coefficient (Wildman–Crippen LogP) is 3.18. The molecule has 5 nitrogen and oxygen atoms in total. The molecule has 1 heterocycles. The number of nitrogens with zero attached hydrogens (tertiary/aromatic N) is 2. The first-order valence-corrected chi connectivity index (χ1v) is 10.5. The molecule has 0 radical (unpaired) electrons. The fraction of sp³-hybridized carbons (Fsp3) is 0.364. The molecule has 3 aromatic rings. The summed E-state index contributed by atoms with van der Waals surface area (Å²) in [6, 6.07) is 13.6. The van der Waals surface area contributed by atoms with Crippen LogP contribution in [0.3, 0.4) is 0 Å². The summed E-state index contributed by atoms with van der Waals surface area (Å²) in [6.45, 7) is 9.95. The number of anilines is 1. The van der Waals surface area contributed by atoms with Crippen LogP contribution in [0, 0.1) is 6.92 Å². The molecule has 0 spiro atoms. The molecule has 0 saturated heterocycles. The maximum absolute atomic E-state index is 13.4. The van der Waals surface area contributed by atoms with Crippen molar-refractivity contribution in [2.24, 2.45) is 0 Å². The highest BCUT2D eigenvalue weighted by Crippen LogP contribution is 2.32. The standard InChI is InChI=1S/C22H27N3O2S/c1-5-24(6-2)13-14-25(21(26)18-10-8-7-9-16(18)3)22-23-19-15-17(27-4)11-12-20(19)28-22/h7-12,15H,5-6,13-14H2,1-4H3/p+1. The van der Waals surface area contributed by atoms with Crippen LogP contribution in [0.5, 0.6) is 5.75 Å². The van der Waals surface area contributed by atoms with Crippen molar-refractivity contribution in [3.63, 3.8) is 0 Å². The first-order chi connectivity index (χ1) is 13.6. The minimum atomic E-state index is 0.00989. The lowest BCUT2D eigenvalue weighted by Gasteiger charge is -2.23. The number of methoxy groups -OCH3 is 1. The molecule has 0 unspecified atom stereocenters. The molecule has 6 heteroatoms. The van der Waals surface area contributed by atoms with Gasteiger partial charge in [0.2, 0.25) is 0 Å². The summed E-state index contributed by atoms with van der Waals surface area (Å²) < 4.78 is 6.36. The molecule has 0 atom stereocenters. The van der Waals surface area contributed by atoms with Crippen LogP contribution in [0.4, 0.5) is 5.13 Å². The summed E-state index contributed by atoms with van der Waals surface area (Å²) in [6.07, 6.45) is 0.